The Kier molecular flexibility index (Phi) is 4.60. The first-order valence-corrected chi connectivity index (χ1v) is 6.46. The van der Waals surface area contributed by atoms with Crippen LogP contribution in [0, 0.1) is 0 Å². The lowest BCUT2D eigenvalue weighted by atomic mass is 10.1. The molecular weight excluding hydrogens is 254 g/mol. The molecule has 2 aromatic carbocycles. The monoisotopic (exact) mass is 271 g/mol. The van der Waals surface area contributed by atoms with E-state index >= 15 is 0 Å². The Balaban J connectivity index is 1.75. The van der Waals surface area contributed by atoms with Crippen LogP contribution < -0.4 is 5.32 Å². The summed E-state index contributed by atoms with van der Waals surface area (Å²) in [7, 11) is 0. The number of hydrogen-bond acceptors (Lipinski definition) is 3. The largest absolute Gasteiger partial charge is 0.508 e. The minimum Gasteiger partial charge on any atom is -0.508 e. The van der Waals surface area contributed by atoms with Crippen molar-refractivity contribution in [1.82, 2.24) is 5.32 Å². The lowest BCUT2D eigenvalue weighted by molar-refractivity contribution is -0.120. The van der Waals surface area contributed by atoms with Gasteiger partial charge < -0.3 is 15.5 Å². The maximum absolute atomic E-state index is 11.7. The van der Waals surface area contributed by atoms with Gasteiger partial charge in [0.05, 0.1) is 6.42 Å². The van der Waals surface area contributed by atoms with Gasteiger partial charge in [-0.15, -0.1) is 0 Å². The van der Waals surface area contributed by atoms with Crippen molar-refractivity contribution in [1.29, 1.82) is 0 Å². The first kappa shape index (κ1) is 13.9. The standard InChI is InChI=1S/C16H17NO3/c18-14-5-1-12(2-6-14)9-10-17-16(20)11-13-3-7-15(19)8-4-13/h1-8,18-19H,9-11H2,(H,17,20). The molecule has 0 aliphatic heterocycles. The van der Waals surface area contributed by atoms with E-state index in [1.165, 1.54) is 0 Å². The van der Waals surface area contributed by atoms with Crippen LogP contribution in [0.3, 0.4) is 0 Å². The maximum Gasteiger partial charge on any atom is 0.224 e. The normalized spacial score (nSPS) is 10.2. The molecule has 0 atom stereocenters. The number of amides is 1. The second-order valence-electron chi connectivity index (χ2n) is 4.61. The molecule has 0 aliphatic rings. The Hall–Kier alpha value is -2.49. The van der Waals surface area contributed by atoms with Crippen LogP contribution >= 0.6 is 0 Å². The van der Waals surface area contributed by atoms with Crippen molar-refractivity contribution in [3.05, 3.63) is 59.7 Å². The topological polar surface area (TPSA) is 69.6 Å². The summed E-state index contributed by atoms with van der Waals surface area (Å²) in [4.78, 5) is 11.7. The van der Waals surface area contributed by atoms with Crippen LogP contribution in [0.25, 0.3) is 0 Å². The molecule has 0 unspecified atom stereocenters. The van der Waals surface area contributed by atoms with Crippen LogP contribution in [0.1, 0.15) is 11.1 Å². The lowest BCUT2D eigenvalue weighted by Crippen LogP contribution is -2.27. The van der Waals surface area contributed by atoms with Crippen LogP contribution in [0.15, 0.2) is 48.5 Å². The van der Waals surface area contributed by atoms with Gasteiger partial charge >= 0.3 is 0 Å². The van der Waals surface area contributed by atoms with E-state index in [2.05, 4.69) is 5.32 Å². The highest BCUT2D eigenvalue weighted by Crippen LogP contribution is 2.11. The molecule has 3 N–H and O–H groups in total. The molecule has 0 spiro atoms. The summed E-state index contributed by atoms with van der Waals surface area (Å²) < 4.78 is 0. The number of hydrogen-bond donors (Lipinski definition) is 3. The van der Waals surface area contributed by atoms with Gasteiger partial charge in [0.15, 0.2) is 0 Å². The van der Waals surface area contributed by atoms with Crippen molar-refractivity contribution >= 4 is 5.91 Å². The van der Waals surface area contributed by atoms with Gasteiger partial charge in [0.1, 0.15) is 11.5 Å². The zero-order valence-electron chi connectivity index (χ0n) is 11.0. The molecule has 4 heteroatoms. The Morgan fingerprint density at radius 1 is 0.850 bits per heavy atom. The SMILES string of the molecule is O=C(Cc1ccc(O)cc1)NCCc1ccc(O)cc1. The Morgan fingerprint density at radius 3 is 1.90 bits per heavy atom. The van der Waals surface area contributed by atoms with Crippen molar-refractivity contribution in [2.75, 3.05) is 6.54 Å². The minimum absolute atomic E-state index is 0.0468. The van der Waals surface area contributed by atoms with E-state index in [0.717, 1.165) is 17.5 Å². The summed E-state index contributed by atoms with van der Waals surface area (Å²) in [5, 5.41) is 21.2. The van der Waals surface area contributed by atoms with E-state index in [9.17, 15) is 4.79 Å². The molecule has 0 saturated carbocycles. The summed E-state index contributed by atoms with van der Waals surface area (Å²) in [6, 6.07) is 13.5. The summed E-state index contributed by atoms with van der Waals surface area (Å²) >= 11 is 0. The number of carbonyl (C=O) groups excluding carboxylic acids is 1. The fraction of sp³-hybridized carbons (Fsp3) is 0.188. The van der Waals surface area contributed by atoms with Crippen molar-refractivity contribution in [3.8, 4) is 11.5 Å². The predicted molar refractivity (Wildman–Crippen MR) is 76.6 cm³/mol. The number of nitrogens with one attached hydrogen (secondary N) is 1. The summed E-state index contributed by atoms with van der Waals surface area (Å²) in [6.45, 7) is 0.557. The second kappa shape index (κ2) is 6.61. The average molecular weight is 271 g/mol. The number of phenols is 2. The minimum atomic E-state index is -0.0468. The second-order valence-corrected chi connectivity index (χ2v) is 4.61. The quantitative estimate of drug-likeness (QED) is 0.779. The van der Waals surface area contributed by atoms with Crippen LogP contribution in [0.4, 0.5) is 0 Å². The van der Waals surface area contributed by atoms with Crippen molar-refractivity contribution < 1.29 is 15.0 Å². The maximum atomic E-state index is 11.7. The molecule has 0 aromatic heterocycles. The molecule has 4 nitrogen and oxygen atoms in total. The number of phenolic OH excluding ortho intramolecular Hbond substituents is 2. The molecule has 20 heavy (non-hydrogen) atoms. The first-order valence-electron chi connectivity index (χ1n) is 6.46. The molecule has 0 bridgehead atoms. The highest BCUT2D eigenvalue weighted by Gasteiger charge is 2.03. The summed E-state index contributed by atoms with van der Waals surface area (Å²) in [5.74, 6) is 0.390. The van der Waals surface area contributed by atoms with Gasteiger partial charge in [0.25, 0.3) is 0 Å². The van der Waals surface area contributed by atoms with Crippen LogP contribution in [0.2, 0.25) is 0 Å². The van der Waals surface area contributed by atoms with Gasteiger partial charge in [-0.2, -0.15) is 0 Å². The summed E-state index contributed by atoms with van der Waals surface area (Å²) in [6.07, 6.45) is 1.03. The van der Waals surface area contributed by atoms with E-state index < -0.39 is 0 Å². The molecule has 1 amide bonds. The van der Waals surface area contributed by atoms with E-state index in [-0.39, 0.29) is 17.4 Å². The number of benzene rings is 2. The molecule has 0 saturated heterocycles. The van der Waals surface area contributed by atoms with Crippen LogP contribution in [0.5, 0.6) is 11.5 Å². The van der Waals surface area contributed by atoms with Gasteiger partial charge in [-0.05, 0) is 41.8 Å². The molecular formula is C16H17NO3. The zero-order chi connectivity index (χ0) is 14.4. The summed E-state index contributed by atoms with van der Waals surface area (Å²) in [5.41, 5.74) is 1.93. The Labute approximate surface area is 117 Å². The van der Waals surface area contributed by atoms with Gasteiger partial charge in [0.2, 0.25) is 5.91 Å². The Morgan fingerprint density at radius 2 is 1.35 bits per heavy atom. The van der Waals surface area contributed by atoms with Gasteiger partial charge in [0, 0.05) is 6.54 Å². The van der Waals surface area contributed by atoms with E-state index in [1.807, 2.05) is 12.1 Å². The molecule has 2 aromatic rings. The van der Waals surface area contributed by atoms with Gasteiger partial charge in [-0.3, -0.25) is 4.79 Å². The van der Waals surface area contributed by atoms with E-state index in [4.69, 9.17) is 10.2 Å². The van der Waals surface area contributed by atoms with Gasteiger partial charge in [-0.25, -0.2) is 0 Å². The Bertz CT molecular complexity index is 561. The molecule has 104 valence electrons. The number of aromatic hydroxyl groups is 2. The highest BCUT2D eigenvalue weighted by atomic mass is 16.3. The van der Waals surface area contributed by atoms with Crippen molar-refractivity contribution in [3.63, 3.8) is 0 Å². The average Bonchev–Trinajstić information content (AvgIpc) is 2.44. The van der Waals surface area contributed by atoms with Crippen molar-refractivity contribution in [2.45, 2.75) is 12.8 Å². The fourth-order valence-electron chi connectivity index (χ4n) is 1.87. The third-order valence-electron chi connectivity index (χ3n) is 2.97. The number of rotatable bonds is 5. The van der Waals surface area contributed by atoms with E-state index in [1.54, 1.807) is 36.4 Å². The molecule has 0 radical (unpaired) electrons. The predicted octanol–water partition coefficient (Wildman–Crippen LogP) is 2.00. The third kappa shape index (κ3) is 4.31. The molecule has 0 fully saturated rings. The van der Waals surface area contributed by atoms with Crippen molar-refractivity contribution in [2.24, 2.45) is 0 Å². The molecule has 0 heterocycles. The smallest absolute Gasteiger partial charge is 0.224 e. The third-order valence-corrected chi connectivity index (χ3v) is 2.97. The molecule has 0 aliphatic carbocycles. The zero-order valence-corrected chi connectivity index (χ0v) is 11.0. The number of carbonyl (C=O) groups is 1. The fourth-order valence-corrected chi connectivity index (χ4v) is 1.87. The lowest BCUT2D eigenvalue weighted by Gasteiger charge is -2.06. The van der Waals surface area contributed by atoms with Gasteiger partial charge in [-0.1, -0.05) is 24.3 Å². The highest BCUT2D eigenvalue weighted by molar-refractivity contribution is 5.78. The van der Waals surface area contributed by atoms with Crippen LogP contribution in [-0.4, -0.2) is 22.7 Å². The molecule has 2 rings (SSSR count). The first-order chi connectivity index (χ1) is 9.63. The van der Waals surface area contributed by atoms with E-state index in [0.29, 0.717) is 13.0 Å². The van der Waals surface area contributed by atoms with Crippen LogP contribution in [-0.2, 0) is 17.6 Å².